The Labute approximate surface area is 151 Å². The van der Waals surface area contributed by atoms with Crippen molar-refractivity contribution in [1.82, 2.24) is 4.90 Å². The van der Waals surface area contributed by atoms with Gasteiger partial charge in [-0.2, -0.15) is 0 Å². The standard InChI is InChI=1S/C18H23N3O5/c1-18(2,3)26-14(23)8-7-10(9-13(20)22)21-16(24)11-5-4-6-12(19)15(11)17(21)25/h4-6,10H,7-9,19H2,1-3H3,(H2,20,22)/t10-/m0/s1. The molecular weight excluding hydrogens is 338 g/mol. The summed E-state index contributed by atoms with van der Waals surface area (Å²) in [7, 11) is 0. The lowest BCUT2D eigenvalue weighted by Gasteiger charge is -2.26. The van der Waals surface area contributed by atoms with Gasteiger partial charge in [-0.3, -0.25) is 24.1 Å². The van der Waals surface area contributed by atoms with Crippen molar-refractivity contribution in [3.05, 3.63) is 29.3 Å². The van der Waals surface area contributed by atoms with Crippen LogP contribution in [0.5, 0.6) is 0 Å². The van der Waals surface area contributed by atoms with E-state index in [2.05, 4.69) is 0 Å². The molecule has 0 unspecified atom stereocenters. The average Bonchev–Trinajstić information content (AvgIpc) is 2.74. The van der Waals surface area contributed by atoms with Crippen LogP contribution >= 0.6 is 0 Å². The third-order valence-electron chi connectivity index (χ3n) is 3.88. The maximum Gasteiger partial charge on any atom is 0.306 e. The SMILES string of the molecule is CC(C)(C)OC(=O)CC[C@@H](CC(N)=O)N1C(=O)c2cccc(N)c2C1=O. The second-order valence-corrected chi connectivity index (χ2v) is 7.20. The number of hydrogen-bond acceptors (Lipinski definition) is 6. The molecule has 0 saturated carbocycles. The Balaban J connectivity index is 2.21. The molecule has 0 bridgehead atoms. The van der Waals surface area contributed by atoms with Crippen LogP contribution in [0.2, 0.25) is 0 Å². The van der Waals surface area contributed by atoms with E-state index in [9.17, 15) is 19.2 Å². The monoisotopic (exact) mass is 361 g/mol. The van der Waals surface area contributed by atoms with Gasteiger partial charge >= 0.3 is 5.97 Å². The van der Waals surface area contributed by atoms with E-state index >= 15 is 0 Å². The molecule has 8 nitrogen and oxygen atoms in total. The fourth-order valence-corrected chi connectivity index (χ4v) is 2.89. The van der Waals surface area contributed by atoms with Crippen LogP contribution in [-0.2, 0) is 14.3 Å². The number of imide groups is 1. The van der Waals surface area contributed by atoms with Gasteiger partial charge in [-0.15, -0.1) is 0 Å². The lowest BCUT2D eigenvalue weighted by Crippen LogP contribution is -2.42. The number of nitrogen functional groups attached to an aromatic ring is 1. The number of benzene rings is 1. The molecule has 1 aromatic carbocycles. The van der Waals surface area contributed by atoms with Crippen molar-refractivity contribution in [3.63, 3.8) is 0 Å². The molecule has 0 spiro atoms. The van der Waals surface area contributed by atoms with Crippen LogP contribution in [0.4, 0.5) is 5.69 Å². The second kappa shape index (κ2) is 7.15. The number of primary amides is 1. The molecule has 2 rings (SSSR count). The molecule has 1 aromatic rings. The summed E-state index contributed by atoms with van der Waals surface area (Å²) in [5.41, 5.74) is 10.9. The van der Waals surface area contributed by atoms with Crippen LogP contribution in [0.3, 0.4) is 0 Å². The molecule has 1 heterocycles. The quantitative estimate of drug-likeness (QED) is 0.445. The summed E-state index contributed by atoms with van der Waals surface area (Å²) in [6.07, 6.45) is -0.227. The fraction of sp³-hybridized carbons (Fsp3) is 0.444. The molecule has 1 atom stereocenters. The zero-order valence-electron chi connectivity index (χ0n) is 15.1. The Bertz CT molecular complexity index is 767. The van der Waals surface area contributed by atoms with E-state index in [0.717, 1.165) is 4.90 Å². The van der Waals surface area contributed by atoms with Crippen LogP contribution in [0.1, 0.15) is 60.7 Å². The summed E-state index contributed by atoms with van der Waals surface area (Å²) >= 11 is 0. The molecule has 4 N–H and O–H groups in total. The Morgan fingerprint density at radius 1 is 1.19 bits per heavy atom. The van der Waals surface area contributed by atoms with Crippen molar-refractivity contribution < 1.29 is 23.9 Å². The van der Waals surface area contributed by atoms with Gasteiger partial charge in [0.15, 0.2) is 0 Å². The highest BCUT2D eigenvalue weighted by Gasteiger charge is 2.41. The summed E-state index contributed by atoms with van der Waals surface area (Å²) in [6.45, 7) is 5.20. The Morgan fingerprint density at radius 2 is 1.85 bits per heavy atom. The number of fused-ring (bicyclic) bond motifs is 1. The number of nitrogens with zero attached hydrogens (tertiary/aromatic N) is 1. The highest BCUT2D eigenvalue weighted by atomic mass is 16.6. The molecule has 0 aromatic heterocycles. The van der Waals surface area contributed by atoms with Gasteiger partial charge in [0, 0.05) is 24.6 Å². The lowest BCUT2D eigenvalue weighted by atomic mass is 10.1. The number of carbonyl (C=O) groups is 4. The van der Waals surface area contributed by atoms with Gasteiger partial charge in [0.05, 0.1) is 11.1 Å². The van der Waals surface area contributed by atoms with E-state index in [4.69, 9.17) is 16.2 Å². The normalized spacial score (nSPS) is 15.0. The third kappa shape index (κ3) is 4.19. The maximum atomic E-state index is 12.7. The number of ether oxygens (including phenoxy) is 1. The topological polar surface area (TPSA) is 133 Å². The first-order valence-electron chi connectivity index (χ1n) is 8.28. The first-order valence-corrected chi connectivity index (χ1v) is 8.28. The number of hydrogen-bond donors (Lipinski definition) is 2. The summed E-state index contributed by atoms with van der Waals surface area (Å²) < 4.78 is 5.23. The molecule has 0 saturated heterocycles. The summed E-state index contributed by atoms with van der Waals surface area (Å²) in [6, 6.07) is 3.76. The highest BCUT2D eigenvalue weighted by Crippen LogP contribution is 2.31. The van der Waals surface area contributed by atoms with Gasteiger partial charge in [-0.1, -0.05) is 6.07 Å². The number of carbonyl (C=O) groups excluding carboxylic acids is 4. The molecule has 1 aliphatic rings. The maximum absolute atomic E-state index is 12.7. The average molecular weight is 361 g/mol. The first kappa shape index (κ1) is 19.4. The number of esters is 1. The molecule has 3 amide bonds. The van der Waals surface area contributed by atoms with Crippen LogP contribution in [0.15, 0.2) is 18.2 Å². The smallest absolute Gasteiger partial charge is 0.306 e. The number of anilines is 1. The van der Waals surface area contributed by atoms with Gasteiger partial charge in [0.25, 0.3) is 11.8 Å². The Kier molecular flexibility index (Phi) is 5.34. The third-order valence-corrected chi connectivity index (χ3v) is 3.88. The van der Waals surface area contributed by atoms with Crippen molar-refractivity contribution >= 4 is 29.4 Å². The van der Waals surface area contributed by atoms with E-state index in [1.165, 1.54) is 12.1 Å². The molecule has 0 fully saturated rings. The van der Waals surface area contributed by atoms with Crippen LogP contribution in [0, 0.1) is 0 Å². The zero-order chi connectivity index (χ0) is 19.6. The zero-order valence-corrected chi connectivity index (χ0v) is 15.1. The summed E-state index contributed by atoms with van der Waals surface area (Å²) in [4.78, 5) is 49.7. The van der Waals surface area contributed by atoms with Crippen LogP contribution in [0.25, 0.3) is 0 Å². The van der Waals surface area contributed by atoms with Crippen LogP contribution < -0.4 is 11.5 Å². The van der Waals surface area contributed by atoms with E-state index < -0.39 is 35.3 Å². The van der Waals surface area contributed by atoms with Gasteiger partial charge < -0.3 is 16.2 Å². The molecule has 140 valence electrons. The minimum Gasteiger partial charge on any atom is -0.460 e. The Morgan fingerprint density at radius 3 is 2.38 bits per heavy atom. The minimum atomic E-state index is -0.841. The highest BCUT2D eigenvalue weighted by molar-refractivity contribution is 6.23. The molecule has 8 heteroatoms. The molecule has 1 aliphatic heterocycles. The Hall–Kier alpha value is -2.90. The largest absolute Gasteiger partial charge is 0.460 e. The van der Waals surface area contributed by atoms with E-state index in [-0.39, 0.29) is 36.1 Å². The van der Waals surface area contributed by atoms with Gasteiger partial charge in [0.2, 0.25) is 5.91 Å². The molecule has 0 aliphatic carbocycles. The predicted octanol–water partition coefficient (Wildman–Crippen LogP) is 1.23. The predicted molar refractivity (Wildman–Crippen MR) is 94.0 cm³/mol. The minimum absolute atomic E-state index is 0.0574. The lowest BCUT2D eigenvalue weighted by molar-refractivity contribution is -0.155. The van der Waals surface area contributed by atoms with Crippen molar-refractivity contribution in [1.29, 1.82) is 0 Å². The van der Waals surface area contributed by atoms with Gasteiger partial charge in [-0.25, -0.2) is 0 Å². The van der Waals surface area contributed by atoms with Gasteiger partial charge in [0.1, 0.15) is 5.60 Å². The first-order chi connectivity index (χ1) is 12.0. The number of rotatable bonds is 6. The second-order valence-electron chi connectivity index (χ2n) is 7.20. The molecule has 26 heavy (non-hydrogen) atoms. The van der Waals surface area contributed by atoms with E-state index in [1.54, 1.807) is 26.8 Å². The summed E-state index contributed by atoms with van der Waals surface area (Å²) in [5, 5.41) is 0. The van der Waals surface area contributed by atoms with Crippen molar-refractivity contribution in [3.8, 4) is 0 Å². The number of nitrogens with two attached hydrogens (primary N) is 2. The van der Waals surface area contributed by atoms with E-state index in [1.807, 2.05) is 0 Å². The number of amides is 3. The van der Waals surface area contributed by atoms with Crippen molar-refractivity contribution in [2.45, 2.75) is 51.7 Å². The van der Waals surface area contributed by atoms with Gasteiger partial charge in [-0.05, 0) is 39.3 Å². The van der Waals surface area contributed by atoms with E-state index in [0.29, 0.717) is 0 Å². The summed E-state index contributed by atoms with van der Waals surface area (Å²) in [5.74, 6) is -2.29. The van der Waals surface area contributed by atoms with Crippen molar-refractivity contribution in [2.75, 3.05) is 5.73 Å². The molecule has 0 radical (unpaired) electrons. The van der Waals surface area contributed by atoms with Crippen LogP contribution in [-0.4, -0.2) is 40.2 Å². The van der Waals surface area contributed by atoms with Crippen molar-refractivity contribution in [2.24, 2.45) is 5.73 Å². The fourth-order valence-electron chi connectivity index (χ4n) is 2.89. The molecular formula is C18H23N3O5.